The van der Waals surface area contributed by atoms with Crippen LogP contribution in [0, 0.1) is 0 Å². The van der Waals surface area contributed by atoms with Crippen molar-refractivity contribution in [3.05, 3.63) is 53.7 Å². The third kappa shape index (κ3) is 4.05. The predicted molar refractivity (Wildman–Crippen MR) is 84.7 cm³/mol. The lowest BCUT2D eigenvalue weighted by Crippen LogP contribution is -2.15. The summed E-state index contributed by atoms with van der Waals surface area (Å²) < 4.78 is 5.83. The van der Waals surface area contributed by atoms with Crippen LogP contribution in [0.25, 0.3) is 0 Å². The molecule has 0 bridgehead atoms. The Morgan fingerprint density at radius 3 is 2.76 bits per heavy atom. The standard InChI is InChI=1S/C18H22N2O/c1-13(2)15-4-3-5-17(10-15)21-18-9-6-14(12-20-18)11-19-16-7-8-16/h3-6,9-10,12-13,16,19H,7-8,11H2,1-2H3. The Morgan fingerprint density at radius 1 is 1.24 bits per heavy atom. The van der Waals surface area contributed by atoms with Crippen LogP contribution in [0.1, 0.15) is 43.7 Å². The highest BCUT2D eigenvalue weighted by molar-refractivity contribution is 5.33. The molecule has 110 valence electrons. The fourth-order valence-corrected chi connectivity index (χ4v) is 2.18. The summed E-state index contributed by atoms with van der Waals surface area (Å²) >= 11 is 0. The Balaban J connectivity index is 1.62. The molecule has 1 aromatic heterocycles. The summed E-state index contributed by atoms with van der Waals surface area (Å²) in [6, 6.07) is 12.9. The molecule has 1 saturated carbocycles. The van der Waals surface area contributed by atoms with Crippen LogP contribution in [-0.4, -0.2) is 11.0 Å². The van der Waals surface area contributed by atoms with Gasteiger partial charge in [0.05, 0.1) is 0 Å². The van der Waals surface area contributed by atoms with Gasteiger partial charge in [-0.15, -0.1) is 0 Å². The monoisotopic (exact) mass is 282 g/mol. The SMILES string of the molecule is CC(C)c1cccc(Oc2ccc(CNC3CC3)cn2)c1. The third-order valence-corrected chi connectivity index (χ3v) is 3.72. The van der Waals surface area contributed by atoms with Crippen molar-refractivity contribution in [2.24, 2.45) is 0 Å². The molecule has 0 saturated heterocycles. The Morgan fingerprint density at radius 2 is 2.10 bits per heavy atom. The Labute approximate surface area is 126 Å². The smallest absolute Gasteiger partial charge is 0.219 e. The van der Waals surface area contributed by atoms with Gasteiger partial charge in [0.1, 0.15) is 5.75 Å². The number of nitrogens with zero attached hydrogens (tertiary/aromatic N) is 1. The summed E-state index contributed by atoms with van der Waals surface area (Å²) in [4.78, 5) is 4.38. The lowest BCUT2D eigenvalue weighted by atomic mass is 10.0. The molecule has 0 atom stereocenters. The minimum Gasteiger partial charge on any atom is -0.439 e. The van der Waals surface area contributed by atoms with Gasteiger partial charge in [-0.25, -0.2) is 4.98 Å². The van der Waals surface area contributed by atoms with E-state index >= 15 is 0 Å². The number of pyridine rings is 1. The van der Waals surface area contributed by atoms with E-state index in [0.29, 0.717) is 11.8 Å². The molecule has 0 spiro atoms. The summed E-state index contributed by atoms with van der Waals surface area (Å²) in [5, 5.41) is 3.48. The Hall–Kier alpha value is -1.87. The van der Waals surface area contributed by atoms with E-state index in [-0.39, 0.29) is 0 Å². The first-order valence-corrected chi connectivity index (χ1v) is 7.67. The van der Waals surface area contributed by atoms with Gasteiger partial charge in [0.2, 0.25) is 5.88 Å². The average molecular weight is 282 g/mol. The third-order valence-electron chi connectivity index (χ3n) is 3.72. The van der Waals surface area contributed by atoms with Gasteiger partial charge in [0.25, 0.3) is 0 Å². The first kappa shape index (κ1) is 14.1. The molecule has 0 aliphatic heterocycles. The maximum atomic E-state index is 5.83. The largest absolute Gasteiger partial charge is 0.439 e. The van der Waals surface area contributed by atoms with Crippen molar-refractivity contribution < 1.29 is 4.74 Å². The van der Waals surface area contributed by atoms with E-state index in [1.165, 1.54) is 24.0 Å². The van der Waals surface area contributed by atoms with E-state index in [0.717, 1.165) is 18.3 Å². The van der Waals surface area contributed by atoms with Crippen LogP contribution in [0.5, 0.6) is 11.6 Å². The van der Waals surface area contributed by atoms with Crippen LogP contribution in [0.2, 0.25) is 0 Å². The molecule has 1 aromatic carbocycles. The highest BCUT2D eigenvalue weighted by Crippen LogP contribution is 2.24. The van der Waals surface area contributed by atoms with E-state index < -0.39 is 0 Å². The molecule has 3 heteroatoms. The number of rotatable bonds is 6. The Kier molecular flexibility index (Phi) is 4.20. The van der Waals surface area contributed by atoms with Crippen LogP contribution < -0.4 is 10.1 Å². The fraction of sp³-hybridized carbons (Fsp3) is 0.389. The van der Waals surface area contributed by atoms with Gasteiger partial charge in [0.15, 0.2) is 0 Å². The maximum absolute atomic E-state index is 5.83. The van der Waals surface area contributed by atoms with Crippen LogP contribution >= 0.6 is 0 Å². The van der Waals surface area contributed by atoms with Crippen molar-refractivity contribution >= 4 is 0 Å². The van der Waals surface area contributed by atoms with Gasteiger partial charge in [-0.2, -0.15) is 0 Å². The van der Waals surface area contributed by atoms with Crippen molar-refractivity contribution in [1.29, 1.82) is 0 Å². The average Bonchev–Trinajstić information content (AvgIpc) is 3.31. The van der Waals surface area contributed by atoms with Gasteiger partial charge in [-0.05, 0) is 42.0 Å². The highest BCUT2D eigenvalue weighted by Gasteiger charge is 2.19. The molecule has 21 heavy (non-hydrogen) atoms. The van der Waals surface area contributed by atoms with E-state index in [1.54, 1.807) is 0 Å². The molecule has 0 unspecified atom stereocenters. The molecule has 1 heterocycles. The van der Waals surface area contributed by atoms with Gasteiger partial charge in [-0.1, -0.05) is 32.0 Å². The number of ether oxygens (including phenoxy) is 1. The second kappa shape index (κ2) is 6.27. The van der Waals surface area contributed by atoms with Crippen molar-refractivity contribution in [3.63, 3.8) is 0 Å². The molecular weight excluding hydrogens is 260 g/mol. The first-order chi connectivity index (χ1) is 10.2. The molecule has 3 rings (SSSR count). The van der Waals surface area contributed by atoms with Crippen LogP contribution in [-0.2, 0) is 6.54 Å². The zero-order chi connectivity index (χ0) is 14.7. The Bertz CT molecular complexity index is 588. The van der Waals surface area contributed by atoms with E-state index in [9.17, 15) is 0 Å². The summed E-state index contributed by atoms with van der Waals surface area (Å²) in [6.07, 6.45) is 4.50. The van der Waals surface area contributed by atoms with Crippen molar-refractivity contribution in [1.82, 2.24) is 10.3 Å². The normalized spacial score (nSPS) is 14.4. The molecule has 3 nitrogen and oxygen atoms in total. The number of aromatic nitrogens is 1. The number of hydrogen-bond acceptors (Lipinski definition) is 3. The number of hydrogen-bond donors (Lipinski definition) is 1. The number of benzene rings is 1. The van der Waals surface area contributed by atoms with Crippen molar-refractivity contribution in [2.45, 2.75) is 45.2 Å². The highest BCUT2D eigenvalue weighted by atomic mass is 16.5. The lowest BCUT2D eigenvalue weighted by Gasteiger charge is -2.09. The van der Waals surface area contributed by atoms with Crippen LogP contribution in [0.15, 0.2) is 42.6 Å². The van der Waals surface area contributed by atoms with E-state index in [1.807, 2.05) is 24.4 Å². The molecule has 1 N–H and O–H groups in total. The molecule has 0 amide bonds. The van der Waals surface area contributed by atoms with Crippen LogP contribution in [0.3, 0.4) is 0 Å². The second-order valence-electron chi connectivity index (χ2n) is 5.99. The molecule has 2 aromatic rings. The second-order valence-corrected chi connectivity index (χ2v) is 5.99. The maximum Gasteiger partial charge on any atom is 0.219 e. The number of nitrogens with one attached hydrogen (secondary N) is 1. The van der Waals surface area contributed by atoms with E-state index in [2.05, 4.69) is 42.3 Å². The van der Waals surface area contributed by atoms with Gasteiger partial charge < -0.3 is 10.1 Å². The lowest BCUT2D eigenvalue weighted by molar-refractivity contribution is 0.461. The summed E-state index contributed by atoms with van der Waals surface area (Å²) in [7, 11) is 0. The minimum absolute atomic E-state index is 0.498. The van der Waals surface area contributed by atoms with Crippen molar-refractivity contribution in [2.75, 3.05) is 0 Å². The van der Waals surface area contributed by atoms with Crippen molar-refractivity contribution in [3.8, 4) is 11.6 Å². The molecule has 1 aliphatic carbocycles. The van der Waals surface area contributed by atoms with Gasteiger partial charge >= 0.3 is 0 Å². The zero-order valence-electron chi connectivity index (χ0n) is 12.7. The summed E-state index contributed by atoms with van der Waals surface area (Å²) in [6.45, 7) is 5.25. The van der Waals surface area contributed by atoms with Crippen LogP contribution in [0.4, 0.5) is 0 Å². The topological polar surface area (TPSA) is 34.1 Å². The van der Waals surface area contributed by atoms with Gasteiger partial charge in [-0.3, -0.25) is 0 Å². The van der Waals surface area contributed by atoms with Gasteiger partial charge in [0, 0.05) is 24.8 Å². The molecule has 1 fully saturated rings. The summed E-state index contributed by atoms with van der Waals surface area (Å²) in [5.41, 5.74) is 2.47. The molecule has 1 aliphatic rings. The fourth-order valence-electron chi connectivity index (χ4n) is 2.18. The summed E-state index contributed by atoms with van der Waals surface area (Å²) in [5.74, 6) is 1.99. The minimum atomic E-state index is 0.498. The quantitative estimate of drug-likeness (QED) is 0.860. The zero-order valence-corrected chi connectivity index (χ0v) is 12.7. The predicted octanol–water partition coefficient (Wildman–Crippen LogP) is 4.25. The first-order valence-electron chi connectivity index (χ1n) is 7.67. The molecular formula is C18H22N2O. The van der Waals surface area contributed by atoms with E-state index in [4.69, 9.17) is 4.74 Å². The molecule has 0 radical (unpaired) electrons.